The number of hydrogen-bond donors (Lipinski definition) is 0. The maximum atomic E-state index is 9.56. The van der Waals surface area contributed by atoms with Crippen LogP contribution in [-0.4, -0.2) is 23.5 Å². The summed E-state index contributed by atoms with van der Waals surface area (Å²) in [4.78, 5) is 2.34. The maximum absolute atomic E-state index is 9.56. The molecule has 2 nitrogen and oxygen atoms in total. The first kappa shape index (κ1) is 13.6. The minimum atomic E-state index is -0.374. The molecule has 0 radical (unpaired) electrons. The Morgan fingerprint density at radius 2 is 2.06 bits per heavy atom. The molecule has 18 heavy (non-hydrogen) atoms. The van der Waals surface area contributed by atoms with Crippen LogP contribution in [0.25, 0.3) is 0 Å². The van der Waals surface area contributed by atoms with Gasteiger partial charge >= 0.3 is 0 Å². The monoisotopic (exact) mass is 306 g/mol. The smallest absolute Gasteiger partial charge is 0.110 e. The van der Waals surface area contributed by atoms with E-state index in [2.05, 4.69) is 46.0 Å². The average Bonchev–Trinajstić information content (AvgIpc) is 2.39. The van der Waals surface area contributed by atoms with E-state index in [4.69, 9.17) is 0 Å². The van der Waals surface area contributed by atoms with Crippen molar-refractivity contribution in [3.63, 3.8) is 0 Å². The number of hydrogen-bond acceptors (Lipinski definition) is 2. The lowest BCUT2D eigenvalue weighted by Gasteiger charge is -2.38. The molecule has 1 aromatic carbocycles. The summed E-state index contributed by atoms with van der Waals surface area (Å²) in [6.07, 6.45) is 4.53. The van der Waals surface area contributed by atoms with Crippen molar-refractivity contribution in [1.29, 1.82) is 5.26 Å². The third kappa shape index (κ3) is 3.13. The zero-order chi connectivity index (χ0) is 13.0. The molecule has 1 atom stereocenters. The Morgan fingerprint density at radius 1 is 1.33 bits per heavy atom. The highest BCUT2D eigenvalue weighted by Gasteiger charge is 2.32. The van der Waals surface area contributed by atoms with Gasteiger partial charge in [0.2, 0.25) is 0 Å². The van der Waals surface area contributed by atoms with Crippen LogP contribution >= 0.6 is 15.9 Å². The molecule has 1 aliphatic rings. The average molecular weight is 307 g/mol. The van der Waals surface area contributed by atoms with Crippen LogP contribution in [0.1, 0.15) is 31.7 Å². The second-order valence-corrected chi connectivity index (χ2v) is 6.16. The van der Waals surface area contributed by atoms with Gasteiger partial charge in [-0.1, -0.05) is 34.5 Å². The molecule has 1 unspecified atom stereocenters. The molecule has 0 amide bonds. The number of benzene rings is 1. The SMILES string of the molecule is CC(C#N)(Cc1cccc(Br)c1)N1CCCCC1. The Kier molecular flexibility index (Phi) is 4.42. The van der Waals surface area contributed by atoms with E-state index in [1.807, 2.05) is 12.1 Å². The molecule has 3 heteroatoms. The molecular formula is C15H19BrN2. The zero-order valence-corrected chi connectivity index (χ0v) is 12.4. The highest BCUT2D eigenvalue weighted by atomic mass is 79.9. The summed E-state index contributed by atoms with van der Waals surface area (Å²) >= 11 is 3.49. The van der Waals surface area contributed by atoms with E-state index in [9.17, 15) is 5.26 Å². The molecular weight excluding hydrogens is 288 g/mol. The first-order valence-corrected chi connectivity index (χ1v) is 7.34. The predicted molar refractivity (Wildman–Crippen MR) is 77.3 cm³/mol. The predicted octanol–water partition coefficient (Wildman–Crippen LogP) is 3.76. The van der Waals surface area contributed by atoms with Crippen LogP contribution < -0.4 is 0 Å². The van der Waals surface area contributed by atoms with Gasteiger partial charge in [0.1, 0.15) is 5.54 Å². The van der Waals surface area contributed by atoms with Crippen LogP contribution in [0.15, 0.2) is 28.7 Å². The molecule has 96 valence electrons. The van der Waals surface area contributed by atoms with Gasteiger partial charge in [-0.05, 0) is 50.6 Å². The molecule has 1 fully saturated rings. The summed E-state index contributed by atoms with van der Waals surface area (Å²) in [6, 6.07) is 10.8. The van der Waals surface area contributed by atoms with Gasteiger partial charge in [-0.2, -0.15) is 5.26 Å². The molecule has 0 N–H and O–H groups in total. The van der Waals surface area contributed by atoms with Gasteiger partial charge in [0, 0.05) is 10.9 Å². The molecule has 1 aliphatic heterocycles. The summed E-state index contributed by atoms with van der Waals surface area (Å²) in [5, 5.41) is 9.56. The fraction of sp³-hybridized carbons (Fsp3) is 0.533. The maximum Gasteiger partial charge on any atom is 0.110 e. The van der Waals surface area contributed by atoms with Crippen LogP contribution in [0.4, 0.5) is 0 Å². The second-order valence-electron chi connectivity index (χ2n) is 5.24. The Morgan fingerprint density at radius 3 is 2.67 bits per heavy atom. The molecule has 0 aromatic heterocycles. The summed E-state index contributed by atoms with van der Waals surface area (Å²) in [7, 11) is 0. The second kappa shape index (κ2) is 5.86. The standard InChI is InChI=1S/C15H19BrN2/c1-15(12-17,18-8-3-2-4-9-18)11-13-6-5-7-14(16)10-13/h5-7,10H,2-4,8-9,11H2,1H3. The Balaban J connectivity index is 2.15. The summed E-state index contributed by atoms with van der Waals surface area (Å²) in [6.45, 7) is 4.18. The Bertz CT molecular complexity index is 446. The number of piperidine rings is 1. The van der Waals surface area contributed by atoms with Crippen LogP contribution in [0.3, 0.4) is 0 Å². The van der Waals surface area contributed by atoms with Gasteiger partial charge in [-0.25, -0.2) is 0 Å². The van der Waals surface area contributed by atoms with Crippen LogP contribution in [0.5, 0.6) is 0 Å². The van der Waals surface area contributed by atoms with E-state index in [0.717, 1.165) is 24.0 Å². The molecule has 1 aromatic rings. The van der Waals surface area contributed by atoms with Gasteiger partial charge in [-0.15, -0.1) is 0 Å². The summed E-state index contributed by atoms with van der Waals surface area (Å²) in [5.41, 5.74) is 0.847. The number of rotatable bonds is 3. The van der Waals surface area contributed by atoms with Gasteiger partial charge in [0.25, 0.3) is 0 Å². The molecule has 0 bridgehead atoms. The molecule has 0 spiro atoms. The minimum Gasteiger partial charge on any atom is -0.285 e. The number of nitrogens with zero attached hydrogens (tertiary/aromatic N) is 2. The number of halogens is 1. The highest BCUT2D eigenvalue weighted by Crippen LogP contribution is 2.25. The lowest BCUT2D eigenvalue weighted by atomic mass is 9.90. The van der Waals surface area contributed by atoms with Crippen molar-refractivity contribution in [2.75, 3.05) is 13.1 Å². The van der Waals surface area contributed by atoms with Crippen LogP contribution in [0.2, 0.25) is 0 Å². The molecule has 2 rings (SSSR count). The van der Waals surface area contributed by atoms with Crippen molar-refractivity contribution >= 4 is 15.9 Å². The zero-order valence-electron chi connectivity index (χ0n) is 10.8. The van der Waals surface area contributed by atoms with E-state index in [1.54, 1.807) is 0 Å². The fourth-order valence-corrected chi connectivity index (χ4v) is 3.10. The Hall–Kier alpha value is -0.850. The van der Waals surface area contributed by atoms with Crippen molar-refractivity contribution in [1.82, 2.24) is 4.90 Å². The van der Waals surface area contributed by atoms with Crippen molar-refractivity contribution < 1.29 is 0 Å². The largest absolute Gasteiger partial charge is 0.285 e. The van der Waals surface area contributed by atoms with Gasteiger partial charge in [0.05, 0.1) is 6.07 Å². The van der Waals surface area contributed by atoms with E-state index < -0.39 is 0 Å². The van der Waals surface area contributed by atoms with E-state index in [-0.39, 0.29) is 5.54 Å². The first-order valence-electron chi connectivity index (χ1n) is 6.55. The van der Waals surface area contributed by atoms with Crippen molar-refractivity contribution in [2.24, 2.45) is 0 Å². The molecule has 1 heterocycles. The normalized spacial score (nSPS) is 20.1. The van der Waals surface area contributed by atoms with Crippen LogP contribution in [0, 0.1) is 11.3 Å². The van der Waals surface area contributed by atoms with E-state index in [1.165, 1.54) is 24.8 Å². The van der Waals surface area contributed by atoms with Crippen molar-refractivity contribution in [3.8, 4) is 6.07 Å². The molecule has 1 saturated heterocycles. The van der Waals surface area contributed by atoms with Crippen LogP contribution in [-0.2, 0) is 6.42 Å². The first-order chi connectivity index (χ1) is 8.64. The topological polar surface area (TPSA) is 27.0 Å². The lowest BCUT2D eigenvalue weighted by molar-refractivity contribution is 0.124. The molecule has 0 aliphatic carbocycles. The van der Waals surface area contributed by atoms with Crippen molar-refractivity contribution in [3.05, 3.63) is 34.3 Å². The van der Waals surface area contributed by atoms with E-state index >= 15 is 0 Å². The fourth-order valence-electron chi connectivity index (χ4n) is 2.65. The third-order valence-electron chi connectivity index (χ3n) is 3.73. The Labute approximate surface area is 118 Å². The highest BCUT2D eigenvalue weighted by molar-refractivity contribution is 9.10. The van der Waals surface area contributed by atoms with Gasteiger partial charge in [-0.3, -0.25) is 4.90 Å². The summed E-state index contributed by atoms with van der Waals surface area (Å²) < 4.78 is 1.08. The van der Waals surface area contributed by atoms with Gasteiger partial charge in [0.15, 0.2) is 0 Å². The minimum absolute atomic E-state index is 0.374. The number of nitriles is 1. The van der Waals surface area contributed by atoms with Crippen molar-refractivity contribution in [2.45, 2.75) is 38.1 Å². The molecule has 0 saturated carbocycles. The lowest BCUT2D eigenvalue weighted by Crippen LogP contribution is -2.49. The third-order valence-corrected chi connectivity index (χ3v) is 4.23. The quantitative estimate of drug-likeness (QED) is 0.850. The number of likely N-dealkylation sites (tertiary alicyclic amines) is 1. The van der Waals surface area contributed by atoms with E-state index in [0.29, 0.717) is 0 Å². The van der Waals surface area contributed by atoms with Gasteiger partial charge < -0.3 is 0 Å². The summed E-state index contributed by atoms with van der Waals surface area (Å²) in [5.74, 6) is 0.